The maximum Gasteiger partial charge on any atom is 0.401 e. The predicted octanol–water partition coefficient (Wildman–Crippen LogP) is 7.70. The van der Waals surface area contributed by atoms with Gasteiger partial charge in [0.05, 0.1) is 45.8 Å². The Morgan fingerprint density at radius 1 is 1.12 bits per heavy atom. The lowest BCUT2D eigenvalue weighted by Crippen LogP contribution is -2.51. The molecule has 1 atom stereocenters. The summed E-state index contributed by atoms with van der Waals surface area (Å²) in [7, 11) is -2.14. The van der Waals surface area contributed by atoms with E-state index in [0.29, 0.717) is 10.7 Å². The monoisotopic (exact) mass is 614 g/mol. The Morgan fingerprint density at radius 3 is 2.35 bits per heavy atom. The van der Waals surface area contributed by atoms with Crippen molar-refractivity contribution in [2.24, 2.45) is 0 Å². The lowest BCUT2D eigenvalue weighted by Gasteiger charge is -2.50. The fourth-order valence-electron chi connectivity index (χ4n) is 5.05. The first kappa shape index (κ1) is 29.1. The van der Waals surface area contributed by atoms with Crippen LogP contribution >= 0.6 is 23.2 Å². The Morgan fingerprint density at radius 2 is 1.80 bits per heavy atom. The highest BCUT2D eigenvalue weighted by Crippen LogP contribution is 2.52. The molecule has 1 aliphatic carbocycles. The molecule has 0 bridgehead atoms. The Balaban J connectivity index is 1.44. The molecule has 1 N–H and O–H groups in total. The van der Waals surface area contributed by atoms with Crippen molar-refractivity contribution in [2.45, 2.75) is 82.3 Å². The molecule has 1 aliphatic heterocycles. The minimum absolute atomic E-state index is 0.00380. The van der Waals surface area contributed by atoms with E-state index in [-0.39, 0.29) is 32.9 Å². The summed E-state index contributed by atoms with van der Waals surface area (Å²) in [4.78, 5) is 23.1. The van der Waals surface area contributed by atoms with Crippen molar-refractivity contribution in [1.82, 2.24) is 19.6 Å². The quantitative estimate of drug-likeness (QED) is 0.304. The number of nitrogens with one attached hydrogen (secondary N) is 1. The molecule has 0 aromatic carbocycles. The summed E-state index contributed by atoms with van der Waals surface area (Å²) in [5.41, 5.74) is -2.22. The number of carbonyl (C=O) groups is 1. The van der Waals surface area contributed by atoms with Gasteiger partial charge in [-0.15, -0.1) is 0 Å². The van der Waals surface area contributed by atoms with Gasteiger partial charge in [-0.3, -0.25) is 9.88 Å². The first-order chi connectivity index (χ1) is 18.4. The first-order valence-electron chi connectivity index (χ1n) is 12.9. The predicted molar refractivity (Wildman–Crippen MR) is 151 cm³/mol. The number of hydrogen-bond donors (Lipinski definition) is 1. The minimum atomic E-state index is -4.68. The summed E-state index contributed by atoms with van der Waals surface area (Å²) in [6, 6.07) is 2.14. The SMILES string of the molecule is CC1(C(F)(F)F)CN(C(=O)Nc2cnc(C3(O[Si](C)(C)C(C)(C)C)CCC3)c(Cl)c2)c2cnc3cc(Cl)nn3c21. The molecule has 216 valence electrons. The van der Waals surface area contributed by atoms with E-state index in [1.165, 1.54) is 18.5 Å². The third-order valence-electron chi connectivity index (χ3n) is 8.53. The van der Waals surface area contributed by atoms with E-state index in [4.69, 9.17) is 27.6 Å². The second-order valence-electron chi connectivity index (χ2n) is 12.3. The van der Waals surface area contributed by atoms with Gasteiger partial charge in [-0.25, -0.2) is 14.3 Å². The van der Waals surface area contributed by atoms with Gasteiger partial charge >= 0.3 is 12.2 Å². The number of carbonyl (C=O) groups excluding carboxylic acids is 1. The molecular formula is C26H31Cl2F3N6O2Si. The molecule has 3 aromatic heterocycles. The lowest BCUT2D eigenvalue weighted by atomic mass is 9.77. The average Bonchev–Trinajstić information content (AvgIpc) is 3.33. The standard InChI is InChI=1S/C26H31Cl2F3N6O2Si/c1-23(2,3)40(5,6)39-25(8-7-9-25)20-16(27)10-15(12-33-20)34-22(38)36-14-24(4,26(29,30)31)21-17(36)13-32-19-11-18(28)35-37(19)21/h10-13H,7-9,14H2,1-6H3,(H,34,38). The molecule has 5 rings (SSSR count). The van der Waals surface area contributed by atoms with Gasteiger partial charge in [-0.2, -0.15) is 18.3 Å². The minimum Gasteiger partial charge on any atom is -0.406 e. The normalized spacial score (nSPS) is 20.9. The summed E-state index contributed by atoms with van der Waals surface area (Å²) in [5, 5.41) is 6.96. The molecule has 0 radical (unpaired) electrons. The summed E-state index contributed by atoms with van der Waals surface area (Å²) in [5.74, 6) is 0. The van der Waals surface area contributed by atoms with Crippen molar-refractivity contribution < 1.29 is 22.4 Å². The van der Waals surface area contributed by atoms with E-state index in [9.17, 15) is 18.0 Å². The van der Waals surface area contributed by atoms with Crippen LogP contribution in [0.3, 0.4) is 0 Å². The van der Waals surface area contributed by atoms with Crippen molar-refractivity contribution in [2.75, 3.05) is 16.8 Å². The Labute approximate surface area is 241 Å². The van der Waals surface area contributed by atoms with E-state index < -0.39 is 38.1 Å². The Hall–Kier alpha value is -2.41. The summed E-state index contributed by atoms with van der Waals surface area (Å²) < 4.78 is 51.0. The van der Waals surface area contributed by atoms with Gasteiger partial charge in [-0.05, 0) is 50.4 Å². The molecule has 2 amide bonds. The lowest BCUT2D eigenvalue weighted by molar-refractivity contribution is -0.181. The third kappa shape index (κ3) is 4.56. The number of halogens is 5. The molecule has 8 nitrogen and oxygen atoms in total. The van der Waals surface area contributed by atoms with Gasteiger partial charge in [0.25, 0.3) is 0 Å². The Kier molecular flexibility index (Phi) is 6.76. The first-order valence-corrected chi connectivity index (χ1v) is 16.6. The molecule has 1 fully saturated rings. The number of urea groups is 1. The van der Waals surface area contributed by atoms with Crippen LogP contribution in [0.1, 0.15) is 58.3 Å². The van der Waals surface area contributed by atoms with Crippen LogP contribution in [0.25, 0.3) is 5.65 Å². The zero-order valence-corrected chi connectivity index (χ0v) is 25.6. The molecule has 1 saturated carbocycles. The summed E-state index contributed by atoms with van der Waals surface area (Å²) >= 11 is 12.6. The van der Waals surface area contributed by atoms with Crippen LogP contribution in [-0.4, -0.2) is 46.7 Å². The van der Waals surface area contributed by atoms with Gasteiger partial charge in [0.2, 0.25) is 0 Å². The van der Waals surface area contributed by atoms with Gasteiger partial charge in [0.1, 0.15) is 5.41 Å². The van der Waals surface area contributed by atoms with Gasteiger partial charge in [0, 0.05) is 12.6 Å². The van der Waals surface area contributed by atoms with Crippen LogP contribution in [0.5, 0.6) is 0 Å². The average molecular weight is 616 g/mol. The third-order valence-corrected chi connectivity index (χ3v) is 13.5. The largest absolute Gasteiger partial charge is 0.406 e. The van der Waals surface area contributed by atoms with E-state index in [1.807, 2.05) is 0 Å². The summed E-state index contributed by atoms with van der Waals surface area (Å²) in [6.07, 6.45) is 0.571. The van der Waals surface area contributed by atoms with Gasteiger partial charge in [-0.1, -0.05) is 44.0 Å². The fraction of sp³-hybridized carbons (Fsp3) is 0.538. The molecule has 1 unspecified atom stereocenters. The Bertz CT molecular complexity index is 1500. The molecule has 4 heterocycles. The number of pyridine rings is 1. The number of fused-ring (bicyclic) bond motifs is 3. The maximum absolute atomic E-state index is 14.4. The molecule has 3 aromatic rings. The zero-order valence-electron chi connectivity index (χ0n) is 23.1. The molecule has 40 heavy (non-hydrogen) atoms. The van der Waals surface area contributed by atoms with E-state index >= 15 is 0 Å². The number of amides is 2. The van der Waals surface area contributed by atoms with Crippen molar-refractivity contribution >= 4 is 54.6 Å². The van der Waals surface area contributed by atoms with E-state index in [0.717, 1.165) is 35.6 Å². The topological polar surface area (TPSA) is 84.7 Å². The number of hydrogen-bond acceptors (Lipinski definition) is 5. The number of rotatable bonds is 4. The van der Waals surface area contributed by atoms with Gasteiger partial charge in [0.15, 0.2) is 19.1 Å². The van der Waals surface area contributed by atoms with E-state index in [2.05, 4.69) is 54.2 Å². The molecular weight excluding hydrogens is 584 g/mol. The molecule has 14 heteroatoms. The van der Waals surface area contributed by atoms with Crippen molar-refractivity contribution in [3.05, 3.63) is 46.1 Å². The molecule has 2 aliphatic rings. The van der Waals surface area contributed by atoms with Gasteiger partial charge < -0.3 is 9.74 Å². The van der Waals surface area contributed by atoms with Crippen LogP contribution in [-0.2, 0) is 15.4 Å². The highest BCUT2D eigenvalue weighted by atomic mass is 35.5. The molecule has 0 saturated heterocycles. The number of aromatic nitrogens is 4. The van der Waals surface area contributed by atoms with Crippen LogP contribution in [0.2, 0.25) is 28.3 Å². The number of anilines is 2. The van der Waals surface area contributed by atoms with Crippen molar-refractivity contribution in [1.29, 1.82) is 0 Å². The zero-order chi connectivity index (χ0) is 29.5. The highest BCUT2D eigenvalue weighted by Gasteiger charge is 2.60. The smallest absolute Gasteiger partial charge is 0.401 e. The second-order valence-corrected chi connectivity index (χ2v) is 17.9. The van der Waals surface area contributed by atoms with E-state index in [1.54, 1.807) is 6.07 Å². The van der Waals surface area contributed by atoms with Crippen LogP contribution in [0.4, 0.5) is 29.3 Å². The number of nitrogens with zero attached hydrogens (tertiary/aromatic N) is 5. The summed E-state index contributed by atoms with van der Waals surface area (Å²) in [6.45, 7) is 11.2. The van der Waals surface area contributed by atoms with Crippen LogP contribution in [0.15, 0.2) is 24.5 Å². The maximum atomic E-state index is 14.4. The van der Waals surface area contributed by atoms with Crippen LogP contribution in [0, 0.1) is 0 Å². The van der Waals surface area contributed by atoms with Crippen molar-refractivity contribution in [3.8, 4) is 0 Å². The molecule has 0 spiro atoms. The number of alkyl halides is 3. The second kappa shape index (κ2) is 9.30. The van der Waals surface area contributed by atoms with Crippen LogP contribution < -0.4 is 10.2 Å². The highest BCUT2D eigenvalue weighted by molar-refractivity contribution is 6.74. The van der Waals surface area contributed by atoms with Crippen molar-refractivity contribution in [3.63, 3.8) is 0 Å². The fourth-order valence-corrected chi connectivity index (χ4v) is 7.15.